The van der Waals surface area contributed by atoms with Gasteiger partial charge in [0, 0.05) is 7.11 Å². The molecule has 0 aromatic heterocycles. The minimum absolute atomic E-state index is 0.0259. The van der Waals surface area contributed by atoms with E-state index in [0.29, 0.717) is 0 Å². The maximum Gasteiger partial charge on any atom is 0.186 e. The molecule has 6 nitrogen and oxygen atoms in total. The molecule has 0 amide bonds. The summed E-state index contributed by atoms with van der Waals surface area (Å²) < 4.78 is 9.79. The zero-order chi connectivity index (χ0) is 9.14. The molecule has 0 aliphatic carbocycles. The summed E-state index contributed by atoms with van der Waals surface area (Å²) >= 11 is 0. The lowest BCUT2D eigenvalue weighted by molar-refractivity contribution is -0.156. The average Bonchev–Trinajstić information content (AvgIpc) is 2.33. The van der Waals surface area contributed by atoms with Gasteiger partial charge in [0.25, 0.3) is 0 Å². The van der Waals surface area contributed by atoms with Crippen molar-refractivity contribution in [2.24, 2.45) is 5.90 Å². The number of hydrogen-bond acceptors (Lipinski definition) is 6. The van der Waals surface area contributed by atoms with Crippen LogP contribution in [0.5, 0.6) is 0 Å². The number of nitrogens with two attached hydrogens (primary N) is 1. The molecule has 0 saturated carbocycles. The molecule has 1 saturated heterocycles. The maximum atomic E-state index is 9.30. The standard InChI is InChI=1S/C6H13NO5/c1-10-6-5(9)4(8)3(12-6)2-11-7/h3-6,8-9H,2,7H2,1H3/t3-,4-,5-,6+/m1/s1. The molecule has 6 heteroatoms. The van der Waals surface area contributed by atoms with E-state index in [1.54, 1.807) is 0 Å². The van der Waals surface area contributed by atoms with E-state index in [0.717, 1.165) is 0 Å². The summed E-state index contributed by atoms with van der Waals surface area (Å²) in [6.45, 7) is 0.0259. The fraction of sp³-hybridized carbons (Fsp3) is 1.00. The first-order chi connectivity index (χ1) is 5.70. The van der Waals surface area contributed by atoms with Crippen LogP contribution in [-0.2, 0) is 14.3 Å². The van der Waals surface area contributed by atoms with Gasteiger partial charge in [0.15, 0.2) is 6.29 Å². The van der Waals surface area contributed by atoms with Crippen molar-refractivity contribution < 1.29 is 24.5 Å². The molecule has 0 aromatic rings. The SMILES string of the molecule is CO[C@H]1O[C@H](CON)[C@@H](O)[C@H]1O. The first-order valence-electron chi connectivity index (χ1n) is 3.56. The number of aliphatic hydroxyl groups excluding tert-OH is 2. The zero-order valence-electron chi connectivity index (χ0n) is 6.71. The van der Waals surface area contributed by atoms with Gasteiger partial charge in [0.1, 0.15) is 18.3 Å². The molecular weight excluding hydrogens is 166 g/mol. The highest BCUT2D eigenvalue weighted by Gasteiger charge is 2.42. The van der Waals surface area contributed by atoms with Gasteiger partial charge in [-0.3, -0.25) is 0 Å². The van der Waals surface area contributed by atoms with E-state index in [9.17, 15) is 10.2 Å². The Balaban J connectivity index is 2.48. The Bertz CT molecular complexity index is 144. The van der Waals surface area contributed by atoms with Gasteiger partial charge in [-0.15, -0.1) is 0 Å². The van der Waals surface area contributed by atoms with Crippen molar-refractivity contribution in [3.05, 3.63) is 0 Å². The van der Waals surface area contributed by atoms with Crippen LogP contribution in [0.1, 0.15) is 0 Å². The summed E-state index contributed by atoms with van der Waals surface area (Å²) in [5.41, 5.74) is 0. The summed E-state index contributed by atoms with van der Waals surface area (Å²) in [7, 11) is 1.38. The van der Waals surface area contributed by atoms with E-state index < -0.39 is 24.6 Å². The van der Waals surface area contributed by atoms with Gasteiger partial charge < -0.3 is 24.5 Å². The third-order valence-electron chi connectivity index (χ3n) is 1.81. The van der Waals surface area contributed by atoms with E-state index in [1.165, 1.54) is 7.11 Å². The van der Waals surface area contributed by atoms with Crippen molar-refractivity contribution in [2.45, 2.75) is 24.6 Å². The van der Waals surface area contributed by atoms with Gasteiger partial charge in [0.2, 0.25) is 0 Å². The van der Waals surface area contributed by atoms with Crippen molar-refractivity contribution in [3.63, 3.8) is 0 Å². The van der Waals surface area contributed by atoms with E-state index in [1.807, 2.05) is 0 Å². The third-order valence-corrected chi connectivity index (χ3v) is 1.81. The lowest BCUT2D eigenvalue weighted by Crippen LogP contribution is -2.35. The Morgan fingerprint density at radius 1 is 1.42 bits per heavy atom. The van der Waals surface area contributed by atoms with Crippen molar-refractivity contribution >= 4 is 0 Å². The van der Waals surface area contributed by atoms with Crippen LogP contribution in [0, 0.1) is 0 Å². The topological polar surface area (TPSA) is 94.2 Å². The lowest BCUT2D eigenvalue weighted by Gasteiger charge is -2.11. The molecule has 1 heterocycles. The highest BCUT2D eigenvalue weighted by atomic mass is 16.7. The van der Waals surface area contributed by atoms with Gasteiger partial charge in [-0.2, -0.15) is 0 Å². The predicted molar refractivity (Wildman–Crippen MR) is 37.8 cm³/mol. The number of aliphatic hydroxyl groups is 2. The predicted octanol–water partition coefficient (Wildman–Crippen LogP) is -2.03. The summed E-state index contributed by atoms with van der Waals surface area (Å²) in [6.07, 6.45) is -3.50. The normalized spacial score (nSPS) is 42.0. The first-order valence-corrected chi connectivity index (χ1v) is 3.56. The highest BCUT2D eigenvalue weighted by molar-refractivity contribution is 4.86. The third kappa shape index (κ3) is 1.74. The zero-order valence-corrected chi connectivity index (χ0v) is 6.71. The molecule has 4 N–H and O–H groups in total. The Morgan fingerprint density at radius 3 is 2.50 bits per heavy atom. The largest absolute Gasteiger partial charge is 0.387 e. The highest BCUT2D eigenvalue weighted by Crippen LogP contribution is 2.21. The molecule has 0 radical (unpaired) electrons. The monoisotopic (exact) mass is 179 g/mol. The van der Waals surface area contributed by atoms with Gasteiger partial charge in [-0.1, -0.05) is 0 Å². The van der Waals surface area contributed by atoms with Crippen LogP contribution in [0.15, 0.2) is 0 Å². The van der Waals surface area contributed by atoms with Gasteiger partial charge in [-0.05, 0) is 0 Å². The van der Waals surface area contributed by atoms with Gasteiger partial charge in [-0.25, -0.2) is 5.90 Å². The second-order valence-corrected chi connectivity index (χ2v) is 2.59. The van der Waals surface area contributed by atoms with Crippen LogP contribution in [0.4, 0.5) is 0 Å². The first kappa shape index (κ1) is 9.85. The molecular formula is C6H13NO5. The van der Waals surface area contributed by atoms with E-state index in [2.05, 4.69) is 4.84 Å². The molecule has 0 unspecified atom stereocenters. The van der Waals surface area contributed by atoms with Crippen molar-refractivity contribution in [2.75, 3.05) is 13.7 Å². The number of hydrogen-bond donors (Lipinski definition) is 3. The number of rotatable bonds is 3. The second-order valence-electron chi connectivity index (χ2n) is 2.59. The van der Waals surface area contributed by atoms with Crippen LogP contribution < -0.4 is 5.90 Å². The molecule has 1 aliphatic heterocycles. The van der Waals surface area contributed by atoms with E-state index in [-0.39, 0.29) is 6.61 Å². The molecule has 1 rings (SSSR count). The molecule has 4 atom stereocenters. The molecule has 1 aliphatic rings. The summed E-state index contributed by atoms with van der Waals surface area (Å²) in [4.78, 5) is 4.29. The van der Waals surface area contributed by atoms with Crippen molar-refractivity contribution in [1.29, 1.82) is 0 Å². The smallest absolute Gasteiger partial charge is 0.186 e. The van der Waals surface area contributed by atoms with Gasteiger partial charge in [0.05, 0.1) is 6.61 Å². The van der Waals surface area contributed by atoms with Crippen LogP contribution >= 0.6 is 0 Å². The lowest BCUT2D eigenvalue weighted by atomic mass is 10.1. The van der Waals surface area contributed by atoms with Crippen LogP contribution in [0.2, 0.25) is 0 Å². The van der Waals surface area contributed by atoms with Crippen molar-refractivity contribution in [1.82, 2.24) is 0 Å². The van der Waals surface area contributed by atoms with Crippen molar-refractivity contribution in [3.8, 4) is 0 Å². The molecule has 72 valence electrons. The Kier molecular flexibility index (Phi) is 3.39. The molecule has 0 bridgehead atoms. The van der Waals surface area contributed by atoms with E-state index >= 15 is 0 Å². The molecule has 0 spiro atoms. The Morgan fingerprint density at radius 2 is 2.08 bits per heavy atom. The minimum Gasteiger partial charge on any atom is -0.387 e. The Hall–Kier alpha value is -0.240. The molecule has 1 fully saturated rings. The van der Waals surface area contributed by atoms with Crippen LogP contribution in [-0.4, -0.2) is 48.5 Å². The fourth-order valence-corrected chi connectivity index (χ4v) is 1.14. The summed E-state index contributed by atoms with van der Waals surface area (Å²) in [5.74, 6) is 4.79. The number of methoxy groups -OCH3 is 1. The Labute approximate surface area is 69.8 Å². The minimum atomic E-state index is -1.05. The maximum absolute atomic E-state index is 9.30. The number of ether oxygens (including phenoxy) is 2. The van der Waals surface area contributed by atoms with Crippen LogP contribution in [0.3, 0.4) is 0 Å². The van der Waals surface area contributed by atoms with Gasteiger partial charge >= 0.3 is 0 Å². The molecule has 0 aromatic carbocycles. The summed E-state index contributed by atoms with van der Waals surface area (Å²) in [6, 6.07) is 0. The van der Waals surface area contributed by atoms with E-state index in [4.69, 9.17) is 15.4 Å². The second kappa shape index (κ2) is 4.13. The summed E-state index contributed by atoms with van der Waals surface area (Å²) in [5, 5.41) is 18.6. The quantitative estimate of drug-likeness (QED) is 0.432. The van der Waals surface area contributed by atoms with Crippen LogP contribution in [0.25, 0.3) is 0 Å². The fourth-order valence-electron chi connectivity index (χ4n) is 1.14. The molecule has 12 heavy (non-hydrogen) atoms. The average molecular weight is 179 g/mol.